The number of hydrogen-bond donors (Lipinski definition) is 2. The van der Waals surface area contributed by atoms with Crippen molar-refractivity contribution in [3.8, 4) is 0 Å². The molecule has 3 aromatic rings. The van der Waals surface area contributed by atoms with Gasteiger partial charge in [0.05, 0.1) is 5.52 Å². The number of aromatic amines is 1. The number of H-pyrrole nitrogens is 1. The number of nitrogens with one attached hydrogen (secondary N) is 2. The van der Waals surface area contributed by atoms with Crippen molar-refractivity contribution >= 4 is 34.2 Å². The number of hydrogen-bond acceptors (Lipinski definition) is 5. The quantitative estimate of drug-likeness (QED) is 0.641. The summed E-state index contributed by atoms with van der Waals surface area (Å²) in [6.07, 6.45) is 2.60. The first-order valence-corrected chi connectivity index (χ1v) is 9.39. The summed E-state index contributed by atoms with van der Waals surface area (Å²) in [5.41, 5.74) is 3.17. The third-order valence-corrected chi connectivity index (χ3v) is 4.94. The molecular weight excluding hydrogens is 358 g/mol. The van der Waals surface area contributed by atoms with Crippen molar-refractivity contribution in [2.75, 3.05) is 23.3 Å². The number of oxazole rings is 1. The molecule has 7 nitrogen and oxygen atoms in total. The van der Waals surface area contributed by atoms with Gasteiger partial charge < -0.3 is 14.6 Å². The Labute approximate surface area is 161 Å². The molecule has 1 aliphatic heterocycles. The van der Waals surface area contributed by atoms with E-state index >= 15 is 0 Å². The van der Waals surface area contributed by atoms with E-state index in [4.69, 9.17) is 4.42 Å². The number of amides is 1. The highest BCUT2D eigenvalue weighted by atomic mass is 16.4. The van der Waals surface area contributed by atoms with Crippen LogP contribution in [0.25, 0.3) is 11.1 Å². The maximum atomic E-state index is 12.3. The molecule has 144 valence electrons. The SMILES string of the molecule is O=C(CCC(=O)c1ccc2[nH]c(=O)oc2c1)Nc1ccc(N2CCCC2)cc1. The summed E-state index contributed by atoms with van der Waals surface area (Å²) in [5.74, 6) is -0.948. The minimum absolute atomic E-state index is 0.0812. The van der Waals surface area contributed by atoms with Crippen molar-refractivity contribution in [2.24, 2.45) is 0 Å². The molecule has 1 fully saturated rings. The normalized spacial score (nSPS) is 13.8. The van der Waals surface area contributed by atoms with E-state index in [0.29, 0.717) is 16.7 Å². The van der Waals surface area contributed by atoms with Crippen LogP contribution < -0.4 is 16.0 Å². The lowest BCUT2D eigenvalue weighted by atomic mass is 10.1. The molecule has 2 aromatic carbocycles. The van der Waals surface area contributed by atoms with Crippen LogP contribution in [0, 0.1) is 0 Å². The fourth-order valence-corrected chi connectivity index (χ4v) is 3.44. The number of rotatable bonds is 6. The third-order valence-electron chi connectivity index (χ3n) is 4.94. The summed E-state index contributed by atoms with van der Waals surface area (Å²) in [5, 5.41) is 2.82. The lowest BCUT2D eigenvalue weighted by Gasteiger charge is -2.17. The summed E-state index contributed by atoms with van der Waals surface area (Å²) in [7, 11) is 0. The van der Waals surface area contributed by atoms with Gasteiger partial charge in [-0.15, -0.1) is 0 Å². The van der Waals surface area contributed by atoms with Gasteiger partial charge in [0, 0.05) is 42.9 Å². The number of carbonyl (C=O) groups is 2. The molecule has 0 atom stereocenters. The van der Waals surface area contributed by atoms with E-state index in [1.807, 2.05) is 24.3 Å². The van der Waals surface area contributed by atoms with Crippen molar-refractivity contribution < 1.29 is 14.0 Å². The first-order valence-electron chi connectivity index (χ1n) is 9.39. The molecule has 0 radical (unpaired) electrons. The van der Waals surface area contributed by atoms with Crippen molar-refractivity contribution in [3.05, 3.63) is 58.6 Å². The Morgan fingerprint density at radius 2 is 1.79 bits per heavy atom. The van der Waals surface area contributed by atoms with Gasteiger partial charge in [-0.2, -0.15) is 0 Å². The van der Waals surface area contributed by atoms with Gasteiger partial charge in [0.15, 0.2) is 11.4 Å². The molecule has 1 aromatic heterocycles. The number of Topliss-reactive ketones (excluding diaryl/α,β-unsaturated/α-hetero) is 1. The Hall–Kier alpha value is -3.35. The van der Waals surface area contributed by atoms with E-state index in [1.54, 1.807) is 12.1 Å². The zero-order valence-corrected chi connectivity index (χ0v) is 15.4. The van der Waals surface area contributed by atoms with Crippen molar-refractivity contribution in [2.45, 2.75) is 25.7 Å². The fraction of sp³-hybridized carbons (Fsp3) is 0.286. The van der Waals surface area contributed by atoms with E-state index in [0.717, 1.165) is 24.5 Å². The van der Waals surface area contributed by atoms with Crippen molar-refractivity contribution in [1.29, 1.82) is 0 Å². The van der Waals surface area contributed by atoms with Gasteiger partial charge in [0.1, 0.15) is 0 Å². The van der Waals surface area contributed by atoms with Crippen LogP contribution >= 0.6 is 0 Å². The van der Waals surface area contributed by atoms with Gasteiger partial charge in [-0.05, 0) is 55.3 Å². The fourth-order valence-electron chi connectivity index (χ4n) is 3.44. The van der Waals surface area contributed by atoms with Crippen molar-refractivity contribution in [3.63, 3.8) is 0 Å². The number of nitrogens with zero attached hydrogens (tertiary/aromatic N) is 1. The van der Waals surface area contributed by atoms with Crippen LogP contribution in [0.4, 0.5) is 11.4 Å². The lowest BCUT2D eigenvalue weighted by molar-refractivity contribution is -0.116. The zero-order valence-electron chi connectivity index (χ0n) is 15.4. The van der Waals surface area contributed by atoms with Crippen LogP contribution in [0.15, 0.2) is 51.7 Å². The van der Waals surface area contributed by atoms with Gasteiger partial charge in [-0.3, -0.25) is 14.6 Å². The second-order valence-corrected chi connectivity index (χ2v) is 6.94. The van der Waals surface area contributed by atoms with Gasteiger partial charge >= 0.3 is 5.76 Å². The van der Waals surface area contributed by atoms with Crippen LogP contribution in [0.3, 0.4) is 0 Å². The predicted octanol–water partition coefficient (Wildman–Crippen LogP) is 3.32. The summed E-state index contributed by atoms with van der Waals surface area (Å²) >= 11 is 0. The number of aromatic nitrogens is 1. The number of carbonyl (C=O) groups excluding carboxylic acids is 2. The number of anilines is 2. The standard InChI is InChI=1S/C21H21N3O4/c25-18(14-3-8-17-19(13-14)28-21(27)23-17)9-10-20(26)22-15-4-6-16(7-5-15)24-11-1-2-12-24/h3-8,13H,1-2,9-12H2,(H,22,26)(H,23,27). The topological polar surface area (TPSA) is 95.4 Å². The van der Waals surface area contributed by atoms with Crippen LogP contribution in [-0.2, 0) is 4.79 Å². The largest absolute Gasteiger partial charge is 0.417 e. The van der Waals surface area contributed by atoms with E-state index in [1.165, 1.54) is 18.9 Å². The minimum atomic E-state index is -0.560. The average Bonchev–Trinajstić information content (AvgIpc) is 3.35. The summed E-state index contributed by atoms with van der Waals surface area (Å²) in [6, 6.07) is 12.5. The Morgan fingerprint density at radius 3 is 2.54 bits per heavy atom. The highest BCUT2D eigenvalue weighted by Crippen LogP contribution is 2.22. The zero-order chi connectivity index (χ0) is 19.5. The first-order chi connectivity index (χ1) is 13.6. The first kappa shape index (κ1) is 18.0. The predicted molar refractivity (Wildman–Crippen MR) is 107 cm³/mol. The lowest BCUT2D eigenvalue weighted by Crippen LogP contribution is -2.17. The molecule has 1 saturated heterocycles. The van der Waals surface area contributed by atoms with E-state index in [-0.39, 0.29) is 24.5 Å². The monoisotopic (exact) mass is 379 g/mol. The van der Waals surface area contributed by atoms with Crippen LogP contribution in [-0.4, -0.2) is 29.8 Å². The van der Waals surface area contributed by atoms with Gasteiger partial charge in [0.2, 0.25) is 5.91 Å². The second-order valence-electron chi connectivity index (χ2n) is 6.94. The Morgan fingerprint density at radius 1 is 1.04 bits per heavy atom. The molecule has 0 unspecified atom stereocenters. The maximum absolute atomic E-state index is 12.3. The molecule has 0 saturated carbocycles. The molecule has 7 heteroatoms. The average molecular weight is 379 g/mol. The van der Waals surface area contributed by atoms with Gasteiger partial charge in [-0.1, -0.05) is 0 Å². The van der Waals surface area contributed by atoms with Gasteiger partial charge in [-0.25, -0.2) is 4.79 Å². The smallest absolute Gasteiger partial charge is 0.408 e. The Balaban J connectivity index is 1.31. The molecule has 4 rings (SSSR count). The molecule has 28 heavy (non-hydrogen) atoms. The Bertz CT molecular complexity index is 1060. The highest BCUT2D eigenvalue weighted by molar-refractivity contribution is 6.01. The summed E-state index contributed by atoms with van der Waals surface area (Å²) < 4.78 is 4.96. The third kappa shape index (κ3) is 3.98. The number of ketones is 1. The van der Waals surface area contributed by atoms with E-state index in [2.05, 4.69) is 15.2 Å². The molecule has 0 bridgehead atoms. The highest BCUT2D eigenvalue weighted by Gasteiger charge is 2.13. The Kier molecular flexibility index (Phi) is 4.97. The number of fused-ring (bicyclic) bond motifs is 1. The molecule has 0 aliphatic carbocycles. The molecule has 2 N–H and O–H groups in total. The molecule has 1 amide bonds. The van der Waals surface area contributed by atoms with Crippen LogP contribution in [0.1, 0.15) is 36.0 Å². The minimum Gasteiger partial charge on any atom is -0.408 e. The maximum Gasteiger partial charge on any atom is 0.417 e. The second kappa shape index (κ2) is 7.72. The number of benzene rings is 2. The van der Waals surface area contributed by atoms with E-state index in [9.17, 15) is 14.4 Å². The van der Waals surface area contributed by atoms with Crippen LogP contribution in [0.5, 0.6) is 0 Å². The molecule has 0 spiro atoms. The van der Waals surface area contributed by atoms with E-state index < -0.39 is 5.76 Å². The molecule has 1 aliphatic rings. The van der Waals surface area contributed by atoms with Crippen molar-refractivity contribution in [1.82, 2.24) is 4.98 Å². The molecular formula is C21H21N3O4. The summed E-state index contributed by atoms with van der Waals surface area (Å²) in [6.45, 7) is 2.15. The van der Waals surface area contributed by atoms with Gasteiger partial charge in [0.25, 0.3) is 0 Å². The van der Waals surface area contributed by atoms with Crippen LogP contribution in [0.2, 0.25) is 0 Å². The summed E-state index contributed by atoms with van der Waals surface area (Å²) in [4.78, 5) is 40.5. The molecule has 2 heterocycles.